The number of nitrogens with one attached hydrogen (secondary N) is 1. The number of guanidine groups is 1. The van der Waals surface area contributed by atoms with E-state index in [0.29, 0.717) is 29.7 Å². The summed E-state index contributed by atoms with van der Waals surface area (Å²) < 4.78 is 15.7. The van der Waals surface area contributed by atoms with Crippen molar-refractivity contribution in [2.75, 3.05) is 33.2 Å². The lowest BCUT2D eigenvalue weighted by molar-refractivity contribution is 0.399. The highest BCUT2D eigenvalue weighted by Crippen LogP contribution is 2.27. The number of anilines is 1. The molecule has 142 valence electrons. The van der Waals surface area contributed by atoms with Crippen LogP contribution in [-0.2, 0) is 6.42 Å². The Morgan fingerprint density at radius 3 is 2.35 bits per heavy atom. The van der Waals surface area contributed by atoms with Crippen molar-refractivity contribution >= 4 is 47.2 Å². The first-order valence-corrected chi connectivity index (χ1v) is 8.06. The molecule has 0 aliphatic heterocycles. The van der Waals surface area contributed by atoms with Gasteiger partial charge in [0.05, 0.1) is 26.4 Å². The first kappa shape index (κ1) is 22.2. The average molecular weight is 492 g/mol. The smallest absolute Gasteiger partial charge is 0.193 e. The molecule has 0 fully saturated rings. The van der Waals surface area contributed by atoms with Gasteiger partial charge < -0.3 is 25.3 Å². The molecular formula is C18H23ClIN3O3. The van der Waals surface area contributed by atoms with Gasteiger partial charge in [0.25, 0.3) is 0 Å². The fraction of sp³-hybridized carbons (Fsp3) is 0.278. The van der Waals surface area contributed by atoms with Gasteiger partial charge in [0.1, 0.15) is 17.2 Å². The minimum atomic E-state index is 0. The van der Waals surface area contributed by atoms with Crippen LogP contribution in [0.15, 0.2) is 41.4 Å². The average Bonchev–Trinajstić information content (AvgIpc) is 2.61. The lowest BCUT2D eigenvalue weighted by Crippen LogP contribution is -2.23. The Morgan fingerprint density at radius 1 is 1.04 bits per heavy atom. The zero-order valence-corrected chi connectivity index (χ0v) is 18.0. The minimum absolute atomic E-state index is 0. The van der Waals surface area contributed by atoms with Gasteiger partial charge in [-0.1, -0.05) is 11.6 Å². The summed E-state index contributed by atoms with van der Waals surface area (Å²) in [4.78, 5) is 4.33. The highest BCUT2D eigenvalue weighted by Gasteiger charge is 2.05. The van der Waals surface area contributed by atoms with Crippen molar-refractivity contribution in [3.63, 3.8) is 0 Å². The Morgan fingerprint density at radius 2 is 1.73 bits per heavy atom. The summed E-state index contributed by atoms with van der Waals surface area (Å²) in [5.41, 5.74) is 7.67. The molecular weight excluding hydrogens is 469 g/mol. The summed E-state index contributed by atoms with van der Waals surface area (Å²) in [6.45, 7) is 0.506. The van der Waals surface area contributed by atoms with E-state index in [0.717, 1.165) is 22.7 Å². The first-order chi connectivity index (χ1) is 12.1. The minimum Gasteiger partial charge on any atom is -0.497 e. The van der Waals surface area contributed by atoms with Crippen molar-refractivity contribution in [3.8, 4) is 17.2 Å². The number of aliphatic imine (C=N–C) groups is 1. The number of hydrogen-bond acceptors (Lipinski definition) is 4. The maximum Gasteiger partial charge on any atom is 0.193 e. The molecule has 0 bridgehead atoms. The van der Waals surface area contributed by atoms with Gasteiger partial charge in [-0.05, 0) is 48.4 Å². The number of nitrogens with zero attached hydrogens (tertiary/aromatic N) is 1. The summed E-state index contributed by atoms with van der Waals surface area (Å²) in [7, 11) is 4.83. The maximum atomic E-state index is 6.09. The zero-order valence-electron chi connectivity index (χ0n) is 14.9. The summed E-state index contributed by atoms with van der Waals surface area (Å²) in [5, 5.41) is 3.50. The van der Waals surface area contributed by atoms with E-state index in [1.165, 1.54) is 0 Å². The Kier molecular flexibility index (Phi) is 9.36. The van der Waals surface area contributed by atoms with Crippen LogP contribution in [0.2, 0.25) is 5.02 Å². The second-order valence-corrected chi connectivity index (χ2v) is 5.58. The molecule has 0 heterocycles. The highest BCUT2D eigenvalue weighted by molar-refractivity contribution is 14.0. The summed E-state index contributed by atoms with van der Waals surface area (Å²) in [5.74, 6) is 2.49. The van der Waals surface area contributed by atoms with Crippen LogP contribution in [0.3, 0.4) is 0 Å². The lowest BCUT2D eigenvalue weighted by atomic mass is 10.1. The van der Waals surface area contributed by atoms with Gasteiger partial charge in [0.2, 0.25) is 0 Å². The van der Waals surface area contributed by atoms with Crippen LogP contribution in [-0.4, -0.2) is 33.8 Å². The van der Waals surface area contributed by atoms with Gasteiger partial charge >= 0.3 is 0 Å². The van der Waals surface area contributed by atoms with Gasteiger partial charge in [-0.15, -0.1) is 24.0 Å². The van der Waals surface area contributed by atoms with Crippen molar-refractivity contribution in [1.29, 1.82) is 0 Å². The van der Waals surface area contributed by atoms with Crippen LogP contribution >= 0.6 is 35.6 Å². The number of nitrogens with two attached hydrogens (primary N) is 1. The van der Waals surface area contributed by atoms with Crippen LogP contribution in [0.25, 0.3) is 0 Å². The largest absolute Gasteiger partial charge is 0.497 e. The van der Waals surface area contributed by atoms with E-state index in [1.807, 2.05) is 24.3 Å². The van der Waals surface area contributed by atoms with Crippen LogP contribution in [0.4, 0.5) is 5.69 Å². The van der Waals surface area contributed by atoms with Gasteiger partial charge in [0.15, 0.2) is 5.96 Å². The topological polar surface area (TPSA) is 78.1 Å². The molecule has 6 nitrogen and oxygen atoms in total. The third-order valence-electron chi connectivity index (χ3n) is 3.58. The molecule has 0 radical (unpaired) electrons. The van der Waals surface area contributed by atoms with Crippen molar-refractivity contribution in [1.82, 2.24) is 0 Å². The maximum absolute atomic E-state index is 6.09. The molecule has 2 aromatic carbocycles. The van der Waals surface area contributed by atoms with Gasteiger partial charge in [0, 0.05) is 12.2 Å². The van der Waals surface area contributed by atoms with Crippen molar-refractivity contribution < 1.29 is 14.2 Å². The molecule has 0 aliphatic rings. The number of benzene rings is 2. The van der Waals surface area contributed by atoms with Gasteiger partial charge in [-0.25, -0.2) is 0 Å². The molecule has 0 saturated heterocycles. The van der Waals surface area contributed by atoms with E-state index in [1.54, 1.807) is 33.5 Å². The second kappa shape index (κ2) is 11.0. The fourth-order valence-electron chi connectivity index (χ4n) is 2.31. The summed E-state index contributed by atoms with van der Waals surface area (Å²) >= 11 is 6.09. The molecule has 0 unspecified atom stereocenters. The van der Waals surface area contributed by atoms with Crippen molar-refractivity contribution in [3.05, 3.63) is 47.0 Å². The molecule has 3 N–H and O–H groups in total. The Labute approximate surface area is 175 Å². The molecule has 0 aliphatic carbocycles. The molecule has 8 heteroatoms. The van der Waals surface area contributed by atoms with Crippen LogP contribution in [0.1, 0.15) is 5.56 Å². The first-order valence-electron chi connectivity index (χ1n) is 7.68. The molecule has 0 amide bonds. The van der Waals surface area contributed by atoms with Crippen molar-refractivity contribution in [2.24, 2.45) is 10.7 Å². The quantitative estimate of drug-likeness (QED) is 0.348. The van der Waals surface area contributed by atoms with E-state index in [2.05, 4.69) is 10.3 Å². The third kappa shape index (κ3) is 6.14. The normalized spacial score (nSPS) is 10.7. The van der Waals surface area contributed by atoms with Crippen molar-refractivity contribution in [2.45, 2.75) is 6.42 Å². The molecule has 0 spiro atoms. The van der Waals surface area contributed by atoms with Crippen LogP contribution in [0.5, 0.6) is 17.2 Å². The fourth-order valence-corrected chi connectivity index (χ4v) is 2.56. The van der Waals surface area contributed by atoms with E-state index in [4.69, 9.17) is 31.5 Å². The number of hydrogen-bond donors (Lipinski definition) is 2. The number of ether oxygens (including phenoxy) is 3. The monoisotopic (exact) mass is 491 g/mol. The Bertz CT molecular complexity index is 756. The van der Waals surface area contributed by atoms with Crippen LogP contribution in [0, 0.1) is 0 Å². The molecule has 2 aromatic rings. The number of halogens is 2. The third-order valence-corrected chi connectivity index (χ3v) is 3.87. The summed E-state index contributed by atoms with van der Waals surface area (Å²) in [6.07, 6.45) is 0.673. The predicted octanol–water partition coefficient (Wildman–Crippen LogP) is 3.95. The van der Waals surface area contributed by atoms with E-state index < -0.39 is 0 Å². The predicted molar refractivity (Wildman–Crippen MR) is 117 cm³/mol. The molecule has 2 rings (SSSR count). The van der Waals surface area contributed by atoms with Crippen LogP contribution < -0.4 is 25.3 Å². The van der Waals surface area contributed by atoms with Gasteiger partial charge in [-0.3, -0.25) is 4.99 Å². The highest BCUT2D eigenvalue weighted by atomic mass is 127. The molecule has 0 atom stereocenters. The molecule has 26 heavy (non-hydrogen) atoms. The summed E-state index contributed by atoms with van der Waals surface area (Å²) in [6, 6.07) is 11.0. The van der Waals surface area contributed by atoms with E-state index >= 15 is 0 Å². The second-order valence-electron chi connectivity index (χ2n) is 5.17. The number of methoxy groups -OCH3 is 3. The lowest BCUT2D eigenvalue weighted by Gasteiger charge is -2.10. The zero-order chi connectivity index (χ0) is 18.2. The Hall–Kier alpha value is -1.87. The SMILES string of the molecule is COc1ccc(OC)c(CCN=C(N)Nc2ccc(OC)c(Cl)c2)c1.I. The standard InChI is InChI=1S/C18H22ClN3O3.HI/c1-23-14-5-7-16(24-2)12(10-14)8-9-21-18(20)22-13-4-6-17(25-3)15(19)11-13;/h4-7,10-11H,8-9H2,1-3H3,(H3,20,21,22);1H. The molecule has 0 saturated carbocycles. The van der Waals surface area contributed by atoms with E-state index in [9.17, 15) is 0 Å². The number of rotatable bonds is 7. The van der Waals surface area contributed by atoms with Gasteiger partial charge in [-0.2, -0.15) is 0 Å². The van der Waals surface area contributed by atoms with E-state index in [-0.39, 0.29) is 24.0 Å². The molecule has 0 aromatic heterocycles. The Balaban J connectivity index is 0.00000338.